The molecule has 0 bridgehead atoms. The third kappa shape index (κ3) is 3.47. The molecule has 1 N–H and O–H groups in total. The van der Waals surface area contributed by atoms with Crippen LogP contribution in [0.1, 0.15) is 11.6 Å². The molecule has 4 heterocycles. The van der Waals surface area contributed by atoms with E-state index in [1.165, 1.54) is 79.2 Å². The van der Waals surface area contributed by atoms with Gasteiger partial charge in [-0.3, -0.25) is 4.57 Å². The Labute approximate surface area is 277 Å². The lowest BCUT2D eigenvalue weighted by molar-refractivity contribution is 0.981. The summed E-state index contributed by atoms with van der Waals surface area (Å²) >= 11 is 3.70. The van der Waals surface area contributed by atoms with Crippen molar-refractivity contribution in [1.82, 2.24) is 4.57 Å². The highest BCUT2D eigenvalue weighted by molar-refractivity contribution is 7.27. The van der Waals surface area contributed by atoms with Crippen LogP contribution in [-0.2, 0) is 0 Å². The number of hydrogen-bond acceptors (Lipinski definition) is 4. The maximum absolute atomic E-state index is 5.70. The summed E-state index contributed by atoms with van der Waals surface area (Å²) in [6.45, 7) is 0. The minimum atomic E-state index is -0.169. The summed E-state index contributed by atoms with van der Waals surface area (Å²) in [4.78, 5) is 5.70. The van der Waals surface area contributed by atoms with Crippen molar-refractivity contribution in [2.75, 3.05) is 5.32 Å². The number of benzene rings is 7. The van der Waals surface area contributed by atoms with E-state index in [1.807, 2.05) is 11.3 Å². The van der Waals surface area contributed by atoms with Crippen LogP contribution in [0.15, 0.2) is 145 Å². The predicted molar refractivity (Wildman–Crippen MR) is 204 cm³/mol. The van der Waals surface area contributed by atoms with Crippen molar-refractivity contribution in [3.63, 3.8) is 0 Å². The van der Waals surface area contributed by atoms with Crippen LogP contribution in [0.25, 0.3) is 73.6 Å². The SMILES string of the molecule is c1ccc2c(C3Nc4sc5ccccc5c4N=C3n3c4ccccc4c4c5sc6ccccc6c5c5ccccc5c43)cccc2c1. The Bertz CT molecular complexity index is 2950. The number of aromatic nitrogens is 1. The summed E-state index contributed by atoms with van der Waals surface area (Å²) < 4.78 is 6.37. The van der Waals surface area contributed by atoms with Gasteiger partial charge in [-0.2, -0.15) is 0 Å². The maximum atomic E-state index is 5.70. The van der Waals surface area contributed by atoms with Gasteiger partial charge in [-0.1, -0.05) is 121 Å². The van der Waals surface area contributed by atoms with Gasteiger partial charge >= 0.3 is 0 Å². The summed E-state index contributed by atoms with van der Waals surface area (Å²) in [7, 11) is 0. The minimum absolute atomic E-state index is 0.169. The first kappa shape index (κ1) is 25.7. The summed E-state index contributed by atoms with van der Waals surface area (Å²) in [5, 5.41) is 16.6. The Balaban J connectivity index is 1.35. The van der Waals surface area contributed by atoms with Gasteiger partial charge < -0.3 is 5.32 Å². The number of nitrogens with zero attached hydrogens (tertiary/aromatic N) is 2. The first-order valence-corrected chi connectivity index (χ1v) is 17.6. The van der Waals surface area contributed by atoms with E-state index in [4.69, 9.17) is 4.99 Å². The molecule has 0 aliphatic carbocycles. The quantitative estimate of drug-likeness (QED) is 0.191. The molecular formula is C42H25N3S2. The van der Waals surface area contributed by atoms with Gasteiger partial charge in [0.25, 0.3) is 0 Å². The fourth-order valence-corrected chi connectivity index (χ4v) is 10.2. The normalized spacial score (nSPS) is 14.9. The van der Waals surface area contributed by atoms with E-state index in [9.17, 15) is 0 Å². The van der Waals surface area contributed by atoms with Crippen molar-refractivity contribution in [3.05, 3.63) is 145 Å². The molecule has 1 aliphatic heterocycles. The zero-order chi connectivity index (χ0) is 30.6. The van der Waals surface area contributed by atoms with Gasteiger partial charge in [0.2, 0.25) is 0 Å². The second kappa shape index (κ2) is 9.52. The fraction of sp³-hybridized carbons (Fsp3) is 0.0238. The Morgan fingerprint density at radius 3 is 2.02 bits per heavy atom. The lowest BCUT2D eigenvalue weighted by atomic mass is 9.96. The zero-order valence-corrected chi connectivity index (χ0v) is 26.7. The molecular weight excluding hydrogens is 611 g/mol. The van der Waals surface area contributed by atoms with Gasteiger partial charge in [0, 0.05) is 46.4 Å². The lowest BCUT2D eigenvalue weighted by Crippen LogP contribution is -2.29. The smallest absolute Gasteiger partial charge is 0.141 e. The number of thiophene rings is 2. The molecule has 0 fully saturated rings. The van der Waals surface area contributed by atoms with E-state index < -0.39 is 0 Å². The molecule has 3 nitrogen and oxygen atoms in total. The van der Waals surface area contributed by atoms with E-state index in [1.54, 1.807) is 11.3 Å². The van der Waals surface area contributed by atoms with E-state index in [-0.39, 0.29) is 6.04 Å². The number of anilines is 1. The molecule has 0 saturated heterocycles. The van der Waals surface area contributed by atoms with Crippen molar-refractivity contribution >= 4 is 113 Å². The number of nitrogens with one attached hydrogen (secondary N) is 1. The number of fused-ring (bicyclic) bond motifs is 14. The molecule has 0 amide bonds. The molecule has 11 rings (SSSR count). The highest BCUT2D eigenvalue weighted by Gasteiger charge is 2.32. The first-order valence-electron chi connectivity index (χ1n) is 15.9. The standard InChI is InChI=1S/C42H25N3S2/c1-2-14-25-24(12-1)13-11-20-27(25)37-41(43-38-31-19-7-10-23-34(31)47-42(38)44-37)45-32-21-8-5-17-29(32)36-39(45)28-16-4-3-15-26(28)35-30-18-6-9-22-33(30)46-40(35)36/h1-23,37,44H. The van der Waals surface area contributed by atoms with Gasteiger partial charge in [-0.15, -0.1) is 22.7 Å². The molecule has 5 heteroatoms. The van der Waals surface area contributed by atoms with Crippen LogP contribution in [0.2, 0.25) is 0 Å². The van der Waals surface area contributed by atoms with Crippen molar-refractivity contribution < 1.29 is 0 Å². The van der Waals surface area contributed by atoms with Crippen molar-refractivity contribution in [1.29, 1.82) is 0 Å². The fourth-order valence-electron chi connectivity index (χ4n) is 7.87. The van der Waals surface area contributed by atoms with E-state index >= 15 is 0 Å². The molecule has 0 radical (unpaired) electrons. The second-order valence-corrected chi connectivity index (χ2v) is 14.4. The topological polar surface area (TPSA) is 29.3 Å². The molecule has 1 unspecified atom stereocenters. The van der Waals surface area contributed by atoms with E-state index in [0.29, 0.717) is 0 Å². The molecule has 0 spiro atoms. The van der Waals surface area contributed by atoms with Crippen LogP contribution in [-0.4, -0.2) is 10.4 Å². The molecule has 1 aliphatic rings. The van der Waals surface area contributed by atoms with Gasteiger partial charge in [-0.05, 0) is 39.9 Å². The third-order valence-corrected chi connectivity index (χ3v) is 12.1. The molecule has 0 saturated carbocycles. The molecule has 47 heavy (non-hydrogen) atoms. The molecule has 7 aromatic carbocycles. The average molecular weight is 636 g/mol. The number of aliphatic imine (C=N–C) groups is 1. The van der Waals surface area contributed by atoms with Crippen molar-refractivity contribution in [2.24, 2.45) is 4.99 Å². The number of hydrogen-bond donors (Lipinski definition) is 1. The average Bonchev–Trinajstić information content (AvgIpc) is 3.80. The van der Waals surface area contributed by atoms with Gasteiger partial charge in [-0.25, -0.2) is 4.99 Å². The van der Waals surface area contributed by atoms with E-state index in [0.717, 1.165) is 16.5 Å². The van der Waals surface area contributed by atoms with Gasteiger partial charge in [0.15, 0.2) is 0 Å². The van der Waals surface area contributed by atoms with Crippen LogP contribution in [0.3, 0.4) is 0 Å². The molecule has 3 aromatic heterocycles. The summed E-state index contributed by atoms with van der Waals surface area (Å²) in [6, 6.07) is 50.5. The monoisotopic (exact) mass is 635 g/mol. The molecule has 1 atom stereocenters. The first-order chi connectivity index (χ1) is 23.3. The van der Waals surface area contributed by atoms with Crippen LogP contribution in [0.4, 0.5) is 10.7 Å². The predicted octanol–water partition coefficient (Wildman–Crippen LogP) is 12.4. The van der Waals surface area contributed by atoms with E-state index in [2.05, 4.69) is 149 Å². The Morgan fingerprint density at radius 1 is 0.532 bits per heavy atom. The highest BCUT2D eigenvalue weighted by Crippen LogP contribution is 2.51. The largest absolute Gasteiger partial charge is 0.361 e. The maximum Gasteiger partial charge on any atom is 0.141 e. The highest BCUT2D eigenvalue weighted by atomic mass is 32.1. The van der Waals surface area contributed by atoms with Crippen molar-refractivity contribution in [3.8, 4) is 0 Å². The van der Waals surface area contributed by atoms with Crippen LogP contribution in [0, 0.1) is 0 Å². The summed E-state index contributed by atoms with van der Waals surface area (Å²) in [5.74, 6) is 0.995. The van der Waals surface area contributed by atoms with Crippen LogP contribution in [0.5, 0.6) is 0 Å². The Morgan fingerprint density at radius 2 is 1.17 bits per heavy atom. The van der Waals surface area contributed by atoms with Crippen LogP contribution >= 0.6 is 22.7 Å². The number of rotatable bonds is 1. The summed E-state index contributed by atoms with van der Waals surface area (Å²) in [5.41, 5.74) is 4.64. The Hall–Kier alpha value is -5.49. The third-order valence-electron chi connectivity index (χ3n) is 9.84. The minimum Gasteiger partial charge on any atom is -0.361 e. The van der Waals surface area contributed by atoms with Gasteiger partial charge in [0.1, 0.15) is 22.6 Å². The lowest BCUT2D eigenvalue weighted by Gasteiger charge is -2.28. The molecule has 220 valence electrons. The zero-order valence-electron chi connectivity index (χ0n) is 25.1. The Kier molecular flexibility index (Phi) is 5.20. The summed E-state index contributed by atoms with van der Waals surface area (Å²) in [6.07, 6.45) is 0. The van der Waals surface area contributed by atoms with Gasteiger partial charge in [0.05, 0.1) is 11.0 Å². The molecule has 10 aromatic rings. The second-order valence-electron chi connectivity index (χ2n) is 12.3. The van der Waals surface area contributed by atoms with Crippen LogP contribution < -0.4 is 5.32 Å². The van der Waals surface area contributed by atoms with Crippen molar-refractivity contribution in [2.45, 2.75) is 6.04 Å². The number of para-hydroxylation sites is 1.